The normalized spacial score (nSPS) is 11.4. The van der Waals surface area contributed by atoms with Crippen LogP contribution in [-0.4, -0.2) is 29.7 Å². The number of para-hydroxylation sites is 1. The van der Waals surface area contributed by atoms with Gasteiger partial charge in [0.25, 0.3) is 15.9 Å². The molecule has 1 aromatic heterocycles. The van der Waals surface area contributed by atoms with E-state index in [-0.39, 0.29) is 4.90 Å². The van der Waals surface area contributed by atoms with Crippen LogP contribution in [0.2, 0.25) is 0 Å². The van der Waals surface area contributed by atoms with E-state index in [9.17, 15) is 13.2 Å². The molecule has 0 bridgehead atoms. The molecule has 4 rings (SSSR count). The number of rotatable bonds is 5. The highest BCUT2D eigenvalue weighted by Gasteiger charge is 2.18. The van der Waals surface area contributed by atoms with Crippen LogP contribution in [0.3, 0.4) is 0 Å². The number of carbonyl (C=O) groups is 1. The van der Waals surface area contributed by atoms with Gasteiger partial charge in [-0.3, -0.25) is 9.52 Å². The van der Waals surface area contributed by atoms with Crippen molar-refractivity contribution in [3.63, 3.8) is 0 Å². The number of nitrogens with zero attached hydrogens (tertiary/aromatic N) is 2. The summed E-state index contributed by atoms with van der Waals surface area (Å²) in [7, 11) is -3.79. The smallest absolute Gasteiger partial charge is 0.262 e. The lowest BCUT2D eigenvalue weighted by molar-refractivity contribution is 0.102. The minimum Gasteiger partial charge on any atom is -0.320 e. The van der Waals surface area contributed by atoms with Gasteiger partial charge in [-0.1, -0.05) is 24.3 Å². The molecule has 30 heavy (non-hydrogen) atoms. The first-order chi connectivity index (χ1) is 14.3. The van der Waals surface area contributed by atoms with E-state index >= 15 is 0 Å². The number of aromatic nitrogens is 3. The second-order valence-corrected chi connectivity index (χ2v) is 8.56. The molecule has 0 fully saturated rings. The minimum atomic E-state index is -3.79. The molecule has 1 amide bonds. The fourth-order valence-corrected chi connectivity index (χ4v) is 4.47. The average molecular weight is 421 g/mol. The zero-order valence-corrected chi connectivity index (χ0v) is 17.1. The van der Waals surface area contributed by atoms with Crippen LogP contribution < -0.4 is 10.0 Å². The van der Waals surface area contributed by atoms with Gasteiger partial charge < -0.3 is 5.32 Å². The largest absolute Gasteiger partial charge is 0.320 e. The molecule has 3 N–H and O–H groups in total. The number of sulfonamides is 1. The Kier molecular flexibility index (Phi) is 4.96. The van der Waals surface area contributed by atoms with Crippen molar-refractivity contribution in [3.8, 4) is 0 Å². The highest BCUT2D eigenvalue weighted by molar-refractivity contribution is 7.92. The molecule has 3 aromatic carbocycles. The summed E-state index contributed by atoms with van der Waals surface area (Å²) < 4.78 is 28.2. The Morgan fingerprint density at radius 3 is 2.60 bits per heavy atom. The molecular formula is C21H19N5O3S. The Balaban J connectivity index is 1.59. The molecule has 0 aliphatic carbocycles. The molecule has 0 saturated heterocycles. The Morgan fingerprint density at radius 1 is 0.967 bits per heavy atom. The van der Waals surface area contributed by atoms with E-state index in [0.717, 1.165) is 5.56 Å². The number of nitrogens with one attached hydrogen (secondary N) is 3. The van der Waals surface area contributed by atoms with Crippen molar-refractivity contribution >= 4 is 38.3 Å². The lowest BCUT2D eigenvalue weighted by atomic mass is 10.2. The number of benzene rings is 3. The number of anilines is 2. The number of carbonyl (C=O) groups excluding carboxylic acids is 1. The van der Waals surface area contributed by atoms with Crippen molar-refractivity contribution in [3.05, 3.63) is 77.4 Å². The highest BCUT2D eigenvalue weighted by atomic mass is 32.2. The van der Waals surface area contributed by atoms with E-state index in [1.54, 1.807) is 55.5 Å². The minimum absolute atomic E-state index is 0.204. The molecule has 152 valence electrons. The molecule has 0 radical (unpaired) electrons. The molecular weight excluding hydrogens is 402 g/mol. The van der Waals surface area contributed by atoms with Crippen LogP contribution in [0.15, 0.2) is 65.6 Å². The number of hydrogen-bond acceptors (Lipinski definition) is 5. The van der Waals surface area contributed by atoms with Gasteiger partial charge in [0.1, 0.15) is 11.0 Å². The monoisotopic (exact) mass is 421 g/mol. The molecule has 0 spiro atoms. The van der Waals surface area contributed by atoms with Crippen molar-refractivity contribution in [2.75, 3.05) is 10.0 Å². The van der Waals surface area contributed by atoms with Gasteiger partial charge in [0.15, 0.2) is 0 Å². The van der Waals surface area contributed by atoms with E-state index in [1.165, 1.54) is 6.07 Å². The molecule has 0 saturated carbocycles. The van der Waals surface area contributed by atoms with Gasteiger partial charge in [-0.2, -0.15) is 15.4 Å². The maximum atomic E-state index is 12.8. The molecule has 0 aliphatic heterocycles. The zero-order valence-electron chi connectivity index (χ0n) is 16.3. The van der Waals surface area contributed by atoms with Gasteiger partial charge in [0, 0.05) is 11.3 Å². The third-order valence-electron chi connectivity index (χ3n) is 4.61. The van der Waals surface area contributed by atoms with E-state index < -0.39 is 15.9 Å². The number of aromatic amines is 1. The molecule has 0 aliphatic rings. The fourth-order valence-electron chi connectivity index (χ4n) is 3.09. The number of fused-ring (bicyclic) bond motifs is 1. The van der Waals surface area contributed by atoms with Crippen LogP contribution in [0, 0.1) is 13.8 Å². The molecule has 4 aromatic rings. The summed E-state index contributed by atoms with van der Waals surface area (Å²) in [6.07, 6.45) is 0. The summed E-state index contributed by atoms with van der Waals surface area (Å²) in [5, 5.41) is 13.3. The third-order valence-corrected chi connectivity index (χ3v) is 6.13. The zero-order chi connectivity index (χ0) is 21.3. The Labute approximate surface area is 173 Å². The van der Waals surface area contributed by atoms with Gasteiger partial charge in [-0.25, -0.2) is 8.42 Å². The number of H-pyrrole nitrogens is 1. The van der Waals surface area contributed by atoms with E-state index in [1.807, 2.05) is 13.0 Å². The van der Waals surface area contributed by atoms with Gasteiger partial charge in [-0.05, 0) is 61.4 Å². The van der Waals surface area contributed by atoms with Crippen molar-refractivity contribution in [2.24, 2.45) is 0 Å². The predicted molar refractivity (Wildman–Crippen MR) is 115 cm³/mol. The fraction of sp³-hybridized carbons (Fsp3) is 0.0952. The van der Waals surface area contributed by atoms with Crippen LogP contribution >= 0.6 is 0 Å². The summed E-state index contributed by atoms with van der Waals surface area (Å²) in [6.45, 7) is 3.57. The second kappa shape index (κ2) is 7.60. The Morgan fingerprint density at radius 2 is 1.77 bits per heavy atom. The predicted octanol–water partition coefficient (Wildman–Crippen LogP) is 3.63. The van der Waals surface area contributed by atoms with Crippen LogP contribution in [0.1, 0.15) is 21.5 Å². The summed E-state index contributed by atoms with van der Waals surface area (Å²) >= 11 is 0. The van der Waals surface area contributed by atoms with E-state index in [2.05, 4.69) is 25.4 Å². The second-order valence-electron chi connectivity index (χ2n) is 6.91. The molecule has 8 nitrogen and oxygen atoms in total. The lowest BCUT2D eigenvalue weighted by Crippen LogP contribution is -2.16. The molecule has 9 heteroatoms. The maximum Gasteiger partial charge on any atom is 0.262 e. The first-order valence-electron chi connectivity index (χ1n) is 9.14. The van der Waals surface area contributed by atoms with Crippen LogP contribution in [-0.2, 0) is 10.0 Å². The van der Waals surface area contributed by atoms with Crippen molar-refractivity contribution < 1.29 is 13.2 Å². The lowest BCUT2D eigenvalue weighted by Gasteiger charge is -2.12. The van der Waals surface area contributed by atoms with Crippen molar-refractivity contribution in [1.29, 1.82) is 0 Å². The van der Waals surface area contributed by atoms with Gasteiger partial charge in [0.05, 0.1) is 10.6 Å². The van der Waals surface area contributed by atoms with E-state index in [0.29, 0.717) is 33.5 Å². The van der Waals surface area contributed by atoms with Crippen molar-refractivity contribution in [2.45, 2.75) is 18.7 Å². The summed E-state index contributed by atoms with van der Waals surface area (Å²) in [5.41, 5.74) is 3.76. The quantitative estimate of drug-likeness (QED) is 0.455. The van der Waals surface area contributed by atoms with E-state index in [4.69, 9.17) is 0 Å². The summed E-state index contributed by atoms with van der Waals surface area (Å²) in [4.78, 5) is 12.9. The van der Waals surface area contributed by atoms with Gasteiger partial charge in [0.2, 0.25) is 0 Å². The van der Waals surface area contributed by atoms with Crippen LogP contribution in [0.4, 0.5) is 11.4 Å². The number of hydrogen-bond donors (Lipinski definition) is 3. The topological polar surface area (TPSA) is 117 Å². The third kappa shape index (κ3) is 3.87. The summed E-state index contributed by atoms with van der Waals surface area (Å²) in [6, 6.07) is 16.8. The highest BCUT2D eigenvalue weighted by Crippen LogP contribution is 2.23. The maximum absolute atomic E-state index is 12.8. The first-order valence-corrected chi connectivity index (χ1v) is 10.6. The van der Waals surface area contributed by atoms with Crippen molar-refractivity contribution in [1.82, 2.24) is 15.4 Å². The average Bonchev–Trinajstić information content (AvgIpc) is 3.19. The Bertz CT molecular complexity index is 1360. The Hall–Kier alpha value is -3.72. The van der Waals surface area contributed by atoms with Gasteiger partial charge >= 0.3 is 0 Å². The SMILES string of the molecule is Cc1ccc(C)c(S(=O)(=O)Nc2cccc(C(=O)Nc3cccc4n[nH]nc34)c2)c1. The standard InChI is InChI=1S/C21H19N5O3S/c1-13-9-10-14(2)19(11-13)30(28,29)25-16-6-3-5-15(12-16)21(27)22-17-7-4-8-18-20(17)24-26-23-18/h3-12,25H,1-2H3,(H,22,27)(H,23,24,26). The number of aryl methyl sites for hydroxylation is 2. The van der Waals surface area contributed by atoms with Crippen LogP contribution in [0.25, 0.3) is 11.0 Å². The van der Waals surface area contributed by atoms with Gasteiger partial charge in [-0.15, -0.1) is 0 Å². The molecule has 1 heterocycles. The van der Waals surface area contributed by atoms with Crippen LogP contribution in [0.5, 0.6) is 0 Å². The first kappa shape index (κ1) is 19.6. The number of amides is 1. The summed E-state index contributed by atoms with van der Waals surface area (Å²) in [5.74, 6) is -0.390. The molecule has 0 unspecified atom stereocenters. The molecule has 0 atom stereocenters.